The van der Waals surface area contributed by atoms with E-state index in [1.54, 1.807) is 12.3 Å². The standard InChI is InChI=1S/C13H20BrN3O/c1-8(2)7-17(9(3)4)13(18)11-5-10(14)6-16-12(11)15/h5-6,8-9H,7H2,1-4H3,(H2,15,16). The van der Waals surface area contributed by atoms with E-state index in [0.29, 0.717) is 18.0 Å². The van der Waals surface area contributed by atoms with Gasteiger partial charge in [0.1, 0.15) is 5.82 Å². The Hall–Kier alpha value is -1.10. The molecule has 0 unspecified atom stereocenters. The van der Waals surface area contributed by atoms with Gasteiger partial charge in [0.25, 0.3) is 5.91 Å². The van der Waals surface area contributed by atoms with Crippen molar-refractivity contribution in [3.63, 3.8) is 0 Å². The number of pyridine rings is 1. The quantitative estimate of drug-likeness (QED) is 0.929. The Kier molecular flexibility index (Phi) is 5.14. The van der Waals surface area contributed by atoms with E-state index in [1.165, 1.54) is 0 Å². The Morgan fingerprint density at radius 3 is 2.56 bits per heavy atom. The highest BCUT2D eigenvalue weighted by molar-refractivity contribution is 9.10. The maximum Gasteiger partial charge on any atom is 0.257 e. The second-order valence-corrected chi connectivity index (χ2v) is 5.95. The van der Waals surface area contributed by atoms with Crippen LogP contribution in [0.2, 0.25) is 0 Å². The van der Waals surface area contributed by atoms with Gasteiger partial charge in [-0.25, -0.2) is 4.98 Å². The Labute approximate surface area is 117 Å². The van der Waals surface area contributed by atoms with E-state index in [-0.39, 0.29) is 17.8 Å². The molecule has 2 N–H and O–H groups in total. The van der Waals surface area contributed by atoms with Crippen LogP contribution in [0.3, 0.4) is 0 Å². The molecular formula is C13H20BrN3O. The number of rotatable bonds is 4. The molecule has 0 aliphatic heterocycles. The number of hydrogen-bond donors (Lipinski definition) is 1. The zero-order valence-corrected chi connectivity index (χ0v) is 12.9. The number of hydrogen-bond acceptors (Lipinski definition) is 3. The summed E-state index contributed by atoms with van der Waals surface area (Å²) in [6, 6.07) is 1.86. The Morgan fingerprint density at radius 2 is 2.06 bits per heavy atom. The molecule has 0 saturated carbocycles. The first-order chi connectivity index (χ1) is 8.32. The van der Waals surface area contributed by atoms with Gasteiger partial charge < -0.3 is 10.6 Å². The minimum atomic E-state index is -0.0648. The fourth-order valence-corrected chi connectivity index (χ4v) is 2.03. The van der Waals surface area contributed by atoms with Gasteiger partial charge in [-0.1, -0.05) is 13.8 Å². The topological polar surface area (TPSA) is 59.2 Å². The van der Waals surface area contributed by atoms with Gasteiger partial charge in [0, 0.05) is 23.3 Å². The molecule has 5 heteroatoms. The summed E-state index contributed by atoms with van der Waals surface area (Å²) in [6.07, 6.45) is 1.59. The van der Waals surface area contributed by atoms with E-state index in [1.807, 2.05) is 18.7 Å². The molecule has 0 aliphatic carbocycles. The van der Waals surface area contributed by atoms with Crippen molar-refractivity contribution in [2.24, 2.45) is 5.92 Å². The summed E-state index contributed by atoms with van der Waals surface area (Å²) in [7, 11) is 0. The maximum atomic E-state index is 12.5. The van der Waals surface area contributed by atoms with Crippen LogP contribution < -0.4 is 5.73 Å². The molecular weight excluding hydrogens is 294 g/mol. The molecule has 4 nitrogen and oxygen atoms in total. The maximum absolute atomic E-state index is 12.5. The molecule has 18 heavy (non-hydrogen) atoms. The second-order valence-electron chi connectivity index (χ2n) is 5.03. The Balaban J connectivity index is 3.05. The molecule has 1 heterocycles. The lowest BCUT2D eigenvalue weighted by Crippen LogP contribution is -2.39. The molecule has 1 rings (SSSR count). The number of carbonyl (C=O) groups is 1. The fourth-order valence-electron chi connectivity index (χ4n) is 1.70. The lowest BCUT2D eigenvalue weighted by molar-refractivity contribution is 0.0682. The van der Waals surface area contributed by atoms with Crippen LogP contribution in [-0.4, -0.2) is 28.4 Å². The first kappa shape index (κ1) is 15.0. The lowest BCUT2D eigenvalue weighted by atomic mass is 10.1. The van der Waals surface area contributed by atoms with Gasteiger partial charge in [0.05, 0.1) is 5.56 Å². The van der Waals surface area contributed by atoms with Crippen molar-refractivity contribution in [1.82, 2.24) is 9.88 Å². The van der Waals surface area contributed by atoms with E-state index in [4.69, 9.17) is 5.73 Å². The van der Waals surface area contributed by atoms with E-state index in [9.17, 15) is 4.79 Å². The lowest BCUT2D eigenvalue weighted by Gasteiger charge is -2.28. The van der Waals surface area contributed by atoms with Gasteiger partial charge >= 0.3 is 0 Å². The first-order valence-electron chi connectivity index (χ1n) is 6.05. The molecule has 1 aromatic rings. The Bertz CT molecular complexity index is 432. The summed E-state index contributed by atoms with van der Waals surface area (Å²) in [6.45, 7) is 8.89. The molecule has 1 amide bonds. The third-order valence-corrected chi connectivity index (χ3v) is 3.00. The van der Waals surface area contributed by atoms with Gasteiger partial charge in [-0.15, -0.1) is 0 Å². The summed E-state index contributed by atoms with van der Waals surface area (Å²) >= 11 is 3.31. The van der Waals surface area contributed by atoms with Crippen LogP contribution in [-0.2, 0) is 0 Å². The highest BCUT2D eigenvalue weighted by atomic mass is 79.9. The normalized spacial score (nSPS) is 11.1. The monoisotopic (exact) mass is 313 g/mol. The van der Waals surface area contributed by atoms with Crippen LogP contribution in [0.4, 0.5) is 5.82 Å². The van der Waals surface area contributed by atoms with Gasteiger partial charge in [-0.05, 0) is 41.8 Å². The Morgan fingerprint density at radius 1 is 1.44 bits per heavy atom. The molecule has 100 valence electrons. The number of nitrogens with two attached hydrogens (primary N) is 1. The van der Waals surface area contributed by atoms with E-state index in [2.05, 4.69) is 34.8 Å². The smallest absolute Gasteiger partial charge is 0.257 e. The fraction of sp³-hybridized carbons (Fsp3) is 0.538. The molecule has 0 aliphatic rings. The number of halogens is 1. The van der Waals surface area contributed by atoms with Gasteiger partial charge in [-0.3, -0.25) is 4.79 Å². The minimum absolute atomic E-state index is 0.0648. The molecule has 0 aromatic carbocycles. The van der Waals surface area contributed by atoms with Crippen molar-refractivity contribution in [2.45, 2.75) is 33.7 Å². The van der Waals surface area contributed by atoms with E-state index >= 15 is 0 Å². The van der Waals surface area contributed by atoms with Crippen LogP contribution in [0, 0.1) is 5.92 Å². The van der Waals surface area contributed by atoms with Crippen LogP contribution in [0.25, 0.3) is 0 Å². The number of anilines is 1. The van der Waals surface area contributed by atoms with Crippen LogP contribution in [0.5, 0.6) is 0 Å². The molecule has 0 atom stereocenters. The van der Waals surface area contributed by atoms with E-state index in [0.717, 1.165) is 4.47 Å². The number of nitrogens with zero attached hydrogens (tertiary/aromatic N) is 2. The van der Waals surface area contributed by atoms with E-state index < -0.39 is 0 Å². The number of carbonyl (C=O) groups excluding carboxylic acids is 1. The molecule has 0 bridgehead atoms. The third kappa shape index (κ3) is 3.70. The largest absolute Gasteiger partial charge is 0.383 e. The summed E-state index contributed by atoms with van der Waals surface area (Å²) in [5.74, 6) is 0.625. The van der Waals surface area contributed by atoms with Gasteiger partial charge in [-0.2, -0.15) is 0 Å². The molecule has 0 spiro atoms. The molecule has 0 fully saturated rings. The summed E-state index contributed by atoms with van der Waals surface area (Å²) in [5, 5.41) is 0. The third-order valence-electron chi connectivity index (χ3n) is 2.56. The van der Waals surface area contributed by atoms with Crippen molar-refractivity contribution in [2.75, 3.05) is 12.3 Å². The van der Waals surface area contributed by atoms with Crippen molar-refractivity contribution in [1.29, 1.82) is 0 Å². The van der Waals surface area contributed by atoms with Crippen LogP contribution in [0.1, 0.15) is 38.1 Å². The van der Waals surface area contributed by atoms with Crippen LogP contribution >= 0.6 is 15.9 Å². The minimum Gasteiger partial charge on any atom is -0.383 e. The predicted octanol–water partition coefficient (Wildman–Crippen LogP) is 2.93. The number of nitrogen functional groups attached to an aromatic ring is 1. The molecule has 0 saturated heterocycles. The van der Waals surface area contributed by atoms with Crippen molar-refractivity contribution in [3.8, 4) is 0 Å². The van der Waals surface area contributed by atoms with Gasteiger partial charge in [0.15, 0.2) is 0 Å². The van der Waals surface area contributed by atoms with Crippen molar-refractivity contribution < 1.29 is 4.79 Å². The van der Waals surface area contributed by atoms with Crippen LogP contribution in [0.15, 0.2) is 16.7 Å². The SMILES string of the molecule is CC(C)CN(C(=O)c1cc(Br)cnc1N)C(C)C. The highest BCUT2D eigenvalue weighted by Gasteiger charge is 2.22. The van der Waals surface area contributed by atoms with Crippen molar-refractivity contribution >= 4 is 27.7 Å². The zero-order valence-electron chi connectivity index (χ0n) is 11.3. The summed E-state index contributed by atoms with van der Waals surface area (Å²) in [4.78, 5) is 18.3. The van der Waals surface area contributed by atoms with Gasteiger partial charge in [0.2, 0.25) is 0 Å². The predicted molar refractivity (Wildman–Crippen MR) is 77.4 cm³/mol. The average molecular weight is 314 g/mol. The summed E-state index contributed by atoms with van der Waals surface area (Å²) < 4.78 is 0.758. The van der Waals surface area contributed by atoms with Crippen molar-refractivity contribution in [3.05, 3.63) is 22.3 Å². The first-order valence-corrected chi connectivity index (χ1v) is 6.84. The highest BCUT2D eigenvalue weighted by Crippen LogP contribution is 2.19. The number of amides is 1. The molecule has 0 radical (unpaired) electrons. The second kappa shape index (κ2) is 6.18. The summed E-state index contributed by atoms with van der Waals surface area (Å²) in [5.41, 5.74) is 6.24. The average Bonchev–Trinajstić information content (AvgIpc) is 2.27. The zero-order chi connectivity index (χ0) is 13.9. The number of aromatic nitrogens is 1. The molecule has 1 aromatic heterocycles.